The fourth-order valence-corrected chi connectivity index (χ4v) is 2.11. The maximum atomic E-state index is 11.2. The van der Waals surface area contributed by atoms with Crippen LogP contribution < -0.4 is 0 Å². The van der Waals surface area contributed by atoms with Crippen molar-refractivity contribution in [3.63, 3.8) is 0 Å². The largest absolute Gasteiger partial charge is 0.303 e. The number of ketones is 1. The van der Waals surface area contributed by atoms with E-state index in [0.29, 0.717) is 23.7 Å². The summed E-state index contributed by atoms with van der Waals surface area (Å²) in [7, 11) is 2.14. The van der Waals surface area contributed by atoms with Crippen molar-refractivity contribution >= 4 is 5.78 Å². The van der Waals surface area contributed by atoms with Crippen molar-refractivity contribution < 1.29 is 4.79 Å². The highest BCUT2D eigenvalue weighted by atomic mass is 16.1. The summed E-state index contributed by atoms with van der Waals surface area (Å²) in [6.07, 6.45) is 1.03. The van der Waals surface area contributed by atoms with E-state index in [4.69, 9.17) is 0 Å². The summed E-state index contributed by atoms with van der Waals surface area (Å²) in [5.74, 6) is 1.20. The molecule has 1 heterocycles. The number of piperidine rings is 1. The molecule has 0 aromatic heterocycles. The molecule has 0 spiro atoms. The van der Waals surface area contributed by atoms with Crippen LogP contribution in [0.15, 0.2) is 0 Å². The SMILES string of the molecule is CC(=O)C1CC(C)N(C)CC1C. The molecular formula is C10H19NO. The smallest absolute Gasteiger partial charge is 0.133 e. The van der Waals surface area contributed by atoms with Gasteiger partial charge in [0, 0.05) is 18.5 Å². The lowest BCUT2D eigenvalue weighted by Crippen LogP contribution is -2.44. The second kappa shape index (κ2) is 3.56. The molecule has 70 valence electrons. The first kappa shape index (κ1) is 9.72. The highest BCUT2D eigenvalue weighted by Gasteiger charge is 2.31. The first-order valence-electron chi connectivity index (χ1n) is 4.73. The summed E-state index contributed by atoms with van der Waals surface area (Å²) in [6, 6.07) is 0.565. The standard InChI is InChI=1S/C10H19NO/c1-7-6-11(4)8(2)5-10(7)9(3)12/h7-8,10H,5-6H2,1-4H3. The molecule has 3 unspecified atom stereocenters. The van der Waals surface area contributed by atoms with Crippen LogP contribution >= 0.6 is 0 Å². The molecule has 0 aromatic carbocycles. The lowest BCUT2D eigenvalue weighted by Gasteiger charge is -2.38. The van der Waals surface area contributed by atoms with Crippen LogP contribution in [0.5, 0.6) is 0 Å². The Balaban J connectivity index is 2.61. The van der Waals surface area contributed by atoms with Crippen LogP contribution in [0, 0.1) is 11.8 Å². The maximum Gasteiger partial charge on any atom is 0.133 e. The van der Waals surface area contributed by atoms with E-state index >= 15 is 0 Å². The predicted octanol–water partition coefficient (Wildman–Crippen LogP) is 1.55. The van der Waals surface area contributed by atoms with E-state index in [-0.39, 0.29) is 0 Å². The van der Waals surface area contributed by atoms with Gasteiger partial charge < -0.3 is 4.90 Å². The third kappa shape index (κ3) is 1.86. The van der Waals surface area contributed by atoms with Gasteiger partial charge in [-0.15, -0.1) is 0 Å². The monoisotopic (exact) mass is 169 g/mol. The molecule has 0 N–H and O–H groups in total. The van der Waals surface area contributed by atoms with Gasteiger partial charge in [0.2, 0.25) is 0 Å². The number of carbonyl (C=O) groups excluding carboxylic acids is 1. The van der Waals surface area contributed by atoms with Crippen LogP contribution in [0.25, 0.3) is 0 Å². The lowest BCUT2D eigenvalue weighted by molar-refractivity contribution is -0.124. The molecule has 0 aliphatic carbocycles. The second-order valence-corrected chi connectivity index (χ2v) is 4.22. The van der Waals surface area contributed by atoms with Gasteiger partial charge in [0.25, 0.3) is 0 Å². The van der Waals surface area contributed by atoms with E-state index in [2.05, 4.69) is 25.8 Å². The summed E-state index contributed by atoms with van der Waals surface area (Å²) in [5, 5.41) is 0. The Kier molecular flexibility index (Phi) is 2.89. The molecule has 1 aliphatic heterocycles. The molecule has 1 aliphatic rings. The average molecular weight is 169 g/mol. The van der Waals surface area contributed by atoms with Crippen molar-refractivity contribution in [2.45, 2.75) is 33.2 Å². The van der Waals surface area contributed by atoms with Gasteiger partial charge in [-0.1, -0.05) is 6.92 Å². The molecule has 1 saturated heterocycles. The number of nitrogens with zero attached hydrogens (tertiary/aromatic N) is 1. The Morgan fingerprint density at radius 3 is 2.50 bits per heavy atom. The van der Waals surface area contributed by atoms with Gasteiger partial charge >= 0.3 is 0 Å². The third-order valence-electron chi connectivity index (χ3n) is 3.13. The topological polar surface area (TPSA) is 20.3 Å². The number of hydrogen-bond acceptors (Lipinski definition) is 2. The molecule has 1 rings (SSSR count). The molecule has 0 saturated carbocycles. The summed E-state index contributed by atoms with van der Waals surface area (Å²) >= 11 is 0. The molecule has 0 amide bonds. The Bertz CT molecular complexity index is 179. The molecule has 1 fully saturated rings. The zero-order chi connectivity index (χ0) is 9.30. The van der Waals surface area contributed by atoms with Crippen molar-refractivity contribution in [1.29, 1.82) is 0 Å². The van der Waals surface area contributed by atoms with E-state index in [1.54, 1.807) is 6.92 Å². The normalized spacial score (nSPS) is 38.2. The highest BCUT2D eigenvalue weighted by molar-refractivity contribution is 5.78. The molecule has 0 bridgehead atoms. The second-order valence-electron chi connectivity index (χ2n) is 4.22. The van der Waals surface area contributed by atoms with E-state index in [9.17, 15) is 4.79 Å². The Morgan fingerprint density at radius 1 is 1.42 bits per heavy atom. The maximum absolute atomic E-state index is 11.2. The summed E-state index contributed by atoms with van der Waals surface area (Å²) in [4.78, 5) is 13.6. The van der Waals surface area contributed by atoms with Gasteiger partial charge in [-0.05, 0) is 33.2 Å². The quantitative estimate of drug-likeness (QED) is 0.593. The minimum absolute atomic E-state index is 0.302. The van der Waals surface area contributed by atoms with Gasteiger partial charge in [-0.3, -0.25) is 4.79 Å². The number of hydrogen-bond donors (Lipinski definition) is 0. The van der Waals surface area contributed by atoms with Gasteiger partial charge in [0.1, 0.15) is 5.78 Å². The van der Waals surface area contributed by atoms with Crippen LogP contribution in [0.4, 0.5) is 0 Å². The van der Waals surface area contributed by atoms with Crippen LogP contribution in [0.2, 0.25) is 0 Å². The van der Waals surface area contributed by atoms with Gasteiger partial charge in [-0.2, -0.15) is 0 Å². The fourth-order valence-electron chi connectivity index (χ4n) is 2.11. The van der Waals surface area contributed by atoms with Crippen LogP contribution in [0.3, 0.4) is 0 Å². The summed E-state index contributed by atoms with van der Waals surface area (Å²) < 4.78 is 0. The fraction of sp³-hybridized carbons (Fsp3) is 0.900. The third-order valence-corrected chi connectivity index (χ3v) is 3.13. The van der Waals surface area contributed by atoms with E-state index in [1.807, 2.05) is 0 Å². The number of Topliss-reactive ketones (excluding diaryl/α,β-unsaturated/α-hetero) is 1. The van der Waals surface area contributed by atoms with E-state index < -0.39 is 0 Å². The molecule has 12 heavy (non-hydrogen) atoms. The lowest BCUT2D eigenvalue weighted by atomic mass is 9.81. The number of likely N-dealkylation sites (tertiary alicyclic amines) is 1. The molecule has 3 atom stereocenters. The summed E-state index contributed by atoms with van der Waals surface area (Å²) in [5.41, 5.74) is 0. The van der Waals surface area contributed by atoms with Gasteiger partial charge in [0.15, 0.2) is 0 Å². The van der Waals surface area contributed by atoms with Crippen molar-refractivity contribution in [3.05, 3.63) is 0 Å². The number of rotatable bonds is 1. The molecule has 0 radical (unpaired) electrons. The zero-order valence-electron chi connectivity index (χ0n) is 8.50. The molecule has 2 nitrogen and oxygen atoms in total. The Labute approximate surface area is 74.9 Å². The van der Waals surface area contributed by atoms with Crippen LogP contribution in [-0.2, 0) is 4.79 Å². The molecular weight excluding hydrogens is 150 g/mol. The van der Waals surface area contributed by atoms with Crippen molar-refractivity contribution in [3.8, 4) is 0 Å². The first-order chi connectivity index (χ1) is 5.52. The minimum atomic E-state index is 0.302. The van der Waals surface area contributed by atoms with Crippen molar-refractivity contribution in [2.75, 3.05) is 13.6 Å². The van der Waals surface area contributed by atoms with E-state index in [1.165, 1.54) is 0 Å². The average Bonchev–Trinajstić information content (AvgIpc) is 1.96. The zero-order valence-corrected chi connectivity index (χ0v) is 8.50. The summed E-state index contributed by atoms with van der Waals surface area (Å²) in [6.45, 7) is 7.15. The van der Waals surface area contributed by atoms with Gasteiger partial charge in [0.05, 0.1) is 0 Å². The van der Waals surface area contributed by atoms with E-state index in [0.717, 1.165) is 13.0 Å². The first-order valence-corrected chi connectivity index (χ1v) is 4.73. The van der Waals surface area contributed by atoms with Crippen molar-refractivity contribution in [1.82, 2.24) is 4.90 Å². The van der Waals surface area contributed by atoms with Crippen LogP contribution in [-0.4, -0.2) is 30.3 Å². The predicted molar refractivity (Wildman–Crippen MR) is 50.0 cm³/mol. The minimum Gasteiger partial charge on any atom is -0.303 e. The Morgan fingerprint density at radius 2 is 2.00 bits per heavy atom. The number of carbonyl (C=O) groups is 1. The Hall–Kier alpha value is -0.370. The van der Waals surface area contributed by atoms with Gasteiger partial charge in [-0.25, -0.2) is 0 Å². The van der Waals surface area contributed by atoms with Crippen LogP contribution in [0.1, 0.15) is 27.2 Å². The molecule has 2 heteroatoms. The molecule has 0 aromatic rings. The highest BCUT2D eigenvalue weighted by Crippen LogP contribution is 2.26. The van der Waals surface area contributed by atoms with Crippen molar-refractivity contribution in [2.24, 2.45) is 11.8 Å².